The first-order chi connectivity index (χ1) is 10.7. The summed E-state index contributed by atoms with van der Waals surface area (Å²) in [6.45, 7) is 4.46. The van der Waals surface area contributed by atoms with Crippen LogP contribution in [0.5, 0.6) is 5.75 Å². The maximum absolute atomic E-state index is 6.02. The van der Waals surface area contributed by atoms with Crippen molar-refractivity contribution >= 4 is 34.4 Å². The van der Waals surface area contributed by atoms with E-state index in [0.717, 1.165) is 5.69 Å². The van der Waals surface area contributed by atoms with E-state index in [2.05, 4.69) is 26.5 Å². The number of halogens is 2. The van der Waals surface area contributed by atoms with Crippen LogP contribution in [0.4, 0.5) is 0 Å². The summed E-state index contributed by atoms with van der Waals surface area (Å²) in [7, 11) is 0. The Labute approximate surface area is 136 Å². The molecule has 0 saturated heterocycles. The van der Waals surface area contributed by atoms with Gasteiger partial charge in [0.05, 0.1) is 12.9 Å². The fourth-order valence-corrected chi connectivity index (χ4v) is 2.41. The second kappa shape index (κ2) is 6.29. The molecule has 3 aromatic rings. The molecule has 0 fully saturated rings. The van der Waals surface area contributed by atoms with E-state index >= 15 is 0 Å². The number of pyridine rings is 1. The van der Waals surface area contributed by atoms with Gasteiger partial charge in [0.2, 0.25) is 5.28 Å². The molecule has 0 radical (unpaired) electrons. The van der Waals surface area contributed by atoms with E-state index < -0.39 is 0 Å². The van der Waals surface area contributed by atoms with Crippen molar-refractivity contribution in [3.8, 4) is 5.75 Å². The molecule has 3 heterocycles. The molecule has 3 rings (SSSR count). The molecule has 0 aliphatic heterocycles. The maximum atomic E-state index is 6.02. The molecule has 0 saturated carbocycles. The van der Waals surface area contributed by atoms with Crippen molar-refractivity contribution in [3.05, 3.63) is 53.4 Å². The van der Waals surface area contributed by atoms with Crippen LogP contribution in [0, 0.1) is 0 Å². The lowest BCUT2D eigenvalue weighted by molar-refractivity contribution is 0.356. The lowest BCUT2D eigenvalue weighted by Crippen LogP contribution is -2.05. The Kier molecular flexibility index (Phi) is 4.22. The van der Waals surface area contributed by atoms with E-state index in [4.69, 9.17) is 27.9 Å². The van der Waals surface area contributed by atoms with Gasteiger partial charge < -0.3 is 9.30 Å². The Morgan fingerprint density at radius 1 is 1.27 bits per heavy atom. The fraction of sp³-hybridized carbons (Fsp3) is 0.143. The molecule has 6 nitrogen and oxygen atoms in total. The van der Waals surface area contributed by atoms with E-state index in [1.54, 1.807) is 23.2 Å². The normalized spacial score (nSPS) is 10.8. The van der Waals surface area contributed by atoms with Gasteiger partial charge in [0, 0.05) is 6.20 Å². The number of rotatable bonds is 5. The molecule has 0 aliphatic rings. The number of aromatic nitrogens is 5. The molecule has 112 valence electrons. The minimum Gasteiger partial charge on any atom is -0.488 e. The highest BCUT2D eigenvalue weighted by Gasteiger charge is 2.13. The average molecular weight is 336 g/mol. The quantitative estimate of drug-likeness (QED) is 0.407. The zero-order valence-electron chi connectivity index (χ0n) is 11.4. The van der Waals surface area contributed by atoms with Crippen molar-refractivity contribution < 1.29 is 4.74 Å². The van der Waals surface area contributed by atoms with Gasteiger partial charge in [-0.25, -0.2) is 9.97 Å². The highest BCUT2D eigenvalue weighted by Crippen LogP contribution is 2.23. The van der Waals surface area contributed by atoms with Crippen molar-refractivity contribution in [2.24, 2.45) is 0 Å². The Bertz CT molecular complexity index is 833. The van der Waals surface area contributed by atoms with E-state index in [9.17, 15) is 0 Å². The highest BCUT2D eigenvalue weighted by molar-refractivity contribution is 6.35. The summed E-state index contributed by atoms with van der Waals surface area (Å²) in [6, 6.07) is 3.66. The van der Waals surface area contributed by atoms with Crippen LogP contribution >= 0.6 is 23.2 Å². The molecule has 3 aromatic heterocycles. The Morgan fingerprint density at radius 2 is 2.14 bits per heavy atom. The first kappa shape index (κ1) is 14.7. The molecular formula is C14H11Cl2N5O. The van der Waals surface area contributed by atoms with Gasteiger partial charge in [-0.15, -0.1) is 0 Å². The molecule has 0 amide bonds. The van der Waals surface area contributed by atoms with Crippen molar-refractivity contribution in [2.75, 3.05) is 6.61 Å². The van der Waals surface area contributed by atoms with Crippen LogP contribution < -0.4 is 4.74 Å². The molecule has 0 aliphatic carbocycles. The number of hydrogen-bond acceptors (Lipinski definition) is 5. The minimum absolute atomic E-state index is 0.0726. The molecule has 0 bridgehead atoms. The van der Waals surface area contributed by atoms with E-state index in [1.165, 1.54) is 0 Å². The maximum Gasteiger partial charge on any atom is 0.225 e. The largest absolute Gasteiger partial charge is 0.488 e. The first-order valence-corrected chi connectivity index (χ1v) is 7.16. The SMILES string of the molecule is C=CCOc1cccnc1Cn1cnc2c(Cl)nc(Cl)nc21. The van der Waals surface area contributed by atoms with Crippen LogP contribution in [0.3, 0.4) is 0 Å². The Morgan fingerprint density at radius 3 is 2.95 bits per heavy atom. The number of fused-ring (bicyclic) bond motifs is 1. The molecular weight excluding hydrogens is 325 g/mol. The molecule has 0 spiro atoms. The Hall–Kier alpha value is -2.18. The predicted molar refractivity (Wildman–Crippen MR) is 84.4 cm³/mol. The summed E-state index contributed by atoms with van der Waals surface area (Å²) in [5, 5.41) is 0.293. The standard InChI is InChI=1S/C14H11Cl2N5O/c1-2-6-22-10-4-3-5-17-9(10)7-21-8-18-11-12(15)19-14(16)20-13(11)21/h2-5,8H,1,6-7H2. The smallest absolute Gasteiger partial charge is 0.225 e. The van der Waals surface area contributed by atoms with Crippen LogP contribution in [0.25, 0.3) is 11.2 Å². The topological polar surface area (TPSA) is 65.7 Å². The second-order valence-electron chi connectivity index (χ2n) is 4.38. The van der Waals surface area contributed by atoms with Crippen molar-refractivity contribution in [2.45, 2.75) is 6.54 Å². The van der Waals surface area contributed by atoms with Gasteiger partial charge in [-0.3, -0.25) is 4.98 Å². The zero-order chi connectivity index (χ0) is 15.5. The van der Waals surface area contributed by atoms with Crippen LogP contribution in [0.1, 0.15) is 5.69 Å². The third kappa shape index (κ3) is 2.88. The predicted octanol–water partition coefficient (Wildman–Crippen LogP) is 3.14. The van der Waals surface area contributed by atoms with Gasteiger partial charge in [-0.2, -0.15) is 4.98 Å². The van der Waals surface area contributed by atoms with Crippen molar-refractivity contribution in [3.63, 3.8) is 0 Å². The van der Waals surface area contributed by atoms with Gasteiger partial charge >= 0.3 is 0 Å². The molecule has 0 N–H and O–H groups in total. The van der Waals surface area contributed by atoms with Crippen molar-refractivity contribution in [1.29, 1.82) is 0 Å². The molecule has 0 aromatic carbocycles. The van der Waals surface area contributed by atoms with E-state index in [0.29, 0.717) is 30.1 Å². The van der Waals surface area contributed by atoms with E-state index in [1.807, 2.05) is 12.1 Å². The van der Waals surface area contributed by atoms with E-state index in [-0.39, 0.29) is 10.4 Å². The van der Waals surface area contributed by atoms with Gasteiger partial charge in [0.25, 0.3) is 0 Å². The molecule has 0 atom stereocenters. The lowest BCUT2D eigenvalue weighted by Gasteiger charge is -2.09. The van der Waals surface area contributed by atoms with Gasteiger partial charge in [0.15, 0.2) is 10.8 Å². The number of imidazole rings is 1. The number of hydrogen-bond donors (Lipinski definition) is 0. The number of nitrogens with zero attached hydrogens (tertiary/aromatic N) is 5. The van der Waals surface area contributed by atoms with Gasteiger partial charge in [0.1, 0.15) is 23.6 Å². The number of ether oxygens (including phenoxy) is 1. The summed E-state index contributed by atoms with van der Waals surface area (Å²) in [5.41, 5.74) is 1.79. The summed E-state index contributed by atoms with van der Waals surface area (Å²) in [5.74, 6) is 0.676. The third-order valence-corrected chi connectivity index (χ3v) is 3.35. The average Bonchev–Trinajstić information content (AvgIpc) is 2.90. The zero-order valence-corrected chi connectivity index (χ0v) is 12.9. The second-order valence-corrected chi connectivity index (χ2v) is 5.07. The van der Waals surface area contributed by atoms with Crippen LogP contribution in [0.15, 0.2) is 37.3 Å². The van der Waals surface area contributed by atoms with Crippen molar-refractivity contribution in [1.82, 2.24) is 24.5 Å². The highest BCUT2D eigenvalue weighted by atomic mass is 35.5. The molecule has 0 unspecified atom stereocenters. The minimum atomic E-state index is 0.0726. The molecule has 8 heteroatoms. The first-order valence-electron chi connectivity index (χ1n) is 6.40. The monoisotopic (exact) mass is 335 g/mol. The van der Waals surface area contributed by atoms with Crippen LogP contribution in [0.2, 0.25) is 10.4 Å². The van der Waals surface area contributed by atoms with Gasteiger partial charge in [-0.05, 0) is 23.7 Å². The summed E-state index contributed by atoms with van der Waals surface area (Å²) >= 11 is 11.9. The summed E-state index contributed by atoms with van der Waals surface area (Å²) < 4.78 is 7.38. The summed E-state index contributed by atoms with van der Waals surface area (Å²) in [6.07, 6.45) is 4.99. The molecule has 22 heavy (non-hydrogen) atoms. The van der Waals surface area contributed by atoms with Crippen LogP contribution in [-0.4, -0.2) is 31.1 Å². The van der Waals surface area contributed by atoms with Crippen LogP contribution in [-0.2, 0) is 6.54 Å². The third-order valence-electron chi connectivity index (χ3n) is 2.92. The summed E-state index contributed by atoms with van der Waals surface area (Å²) in [4.78, 5) is 16.6. The van der Waals surface area contributed by atoms with Gasteiger partial charge in [-0.1, -0.05) is 24.3 Å². The fourth-order valence-electron chi connectivity index (χ4n) is 1.98. The lowest BCUT2D eigenvalue weighted by atomic mass is 10.3. The Balaban J connectivity index is 1.99.